The summed E-state index contributed by atoms with van der Waals surface area (Å²) >= 11 is 5.79. The van der Waals surface area contributed by atoms with Crippen molar-refractivity contribution in [3.05, 3.63) is 95.0 Å². The molecule has 0 saturated heterocycles. The summed E-state index contributed by atoms with van der Waals surface area (Å²) in [7, 11) is -4.53. The van der Waals surface area contributed by atoms with Crippen molar-refractivity contribution in [2.75, 3.05) is 10.8 Å². The van der Waals surface area contributed by atoms with Crippen LogP contribution in [0.4, 0.5) is 18.9 Å². The molecule has 0 unspecified atom stereocenters. The van der Waals surface area contributed by atoms with Crippen LogP contribution in [0.2, 0.25) is 5.02 Å². The van der Waals surface area contributed by atoms with E-state index in [-0.39, 0.29) is 23.9 Å². The quantitative estimate of drug-likeness (QED) is 0.294. The molecule has 0 aliphatic carbocycles. The largest absolute Gasteiger partial charge is 0.417 e. The molecule has 0 aliphatic heterocycles. The van der Waals surface area contributed by atoms with Crippen LogP contribution in [0.1, 0.15) is 38.3 Å². The van der Waals surface area contributed by atoms with E-state index in [0.29, 0.717) is 15.9 Å². The van der Waals surface area contributed by atoms with Gasteiger partial charge in [-0.05, 0) is 56.2 Å². The van der Waals surface area contributed by atoms with E-state index in [1.807, 2.05) is 0 Å². The van der Waals surface area contributed by atoms with E-state index in [2.05, 4.69) is 5.32 Å². The highest BCUT2D eigenvalue weighted by molar-refractivity contribution is 7.92. The van der Waals surface area contributed by atoms with Crippen molar-refractivity contribution in [3.63, 3.8) is 0 Å². The average Bonchev–Trinajstić information content (AvgIpc) is 2.92. The summed E-state index contributed by atoms with van der Waals surface area (Å²) < 4.78 is 69.3. The van der Waals surface area contributed by atoms with E-state index >= 15 is 0 Å². The van der Waals surface area contributed by atoms with Gasteiger partial charge in [0.1, 0.15) is 12.6 Å². The fourth-order valence-corrected chi connectivity index (χ4v) is 5.87. The number of halogens is 4. The van der Waals surface area contributed by atoms with Crippen molar-refractivity contribution in [2.45, 2.75) is 56.9 Å². The lowest BCUT2D eigenvalue weighted by molar-refractivity contribution is -0.140. The number of anilines is 1. The van der Waals surface area contributed by atoms with Crippen molar-refractivity contribution in [1.29, 1.82) is 0 Å². The number of hydrogen-bond acceptors (Lipinski definition) is 4. The van der Waals surface area contributed by atoms with Gasteiger partial charge in [0.2, 0.25) is 11.8 Å². The van der Waals surface area contributed by atoms with Crippen LogP contribution in [-0.2, 0) is 32.3 Å². The summed E-state index contributed by atoms with van der Waals surface area (Å²) in [5.41, 5.74) is -0.973. The fraction of sp³-hybridized carbons (Fsp3) is 0.310. The molecule has 3 aromatic rings. The predicted octanol–water partition coefficient (Wildman–Crippen LogP) is 5.89. The number of nitrogens with zero attached hydrogens (tertiary/aromatic N) is 2. The van der Waals surface area contributed by atoms with Gasteiger partial charge in [-0.3, -0.25) is 13.9 Å². The van der Waals surface area contributed by atoms with Crippen LogP contribution in [0.25, 0.3) is 0 Å². The van der Waals surface area contributed by atoms with Gasteiger partial charge in [-0.1, -0.05) is 67.1 Å². The van der Waals surface area contributed by atoms with Gasteiger partial charge in [0, 0.05) is 12.6 Å². The lowest BCUT2D eigenvalue weighted by atomic mass is 10.1. The molecule has 41 heavy (non-hydrogen) atoms. The molecule has 1 N–H and O–H groups in total. The fourth-order valence-electron chi connectivity index (χ4n) is 4.21. The van der Waals surface area contributed by atoms with Crippen molar-refractivity contribution in [1.82, 2.24) is 10.2 Å². The first-order chi connectivity index (χ1) is 19.3. The van der Waals surface area contributed by atoms with Gasteiger partial charge in [-0.15, -0.1) is 0 Å². The third-order valence-electron chi connectivity index (χ3n) is 6.17. The van der Waals surface area contributed by atoms with E-state index in [1.54, 1.807) is 57.2 Å². The first-order valence-electron chi connectivity index (χ1n) is 12.8. The number of carbonyl (C=O) groups is 2. The average molecular weight is 610 g/mol. The number of benzene rings is 3. The molecular formula is C29H31ClF3N3O4S. The second kappa shape index (κ2) is 13.4. The van der Waals surface area contributed by atoms with Crippen LogP contribution in [0.5, 0.6) is 0 Å². The molecule has 0 aromatic heterocycles. The minimum atomic E-state index is -4.87. The van der Waals surface area contributed by atoms with E-state index in [0.717, 1.165) is 12.1 Å². The summed E-state index contributed by atoms with van der Waals surface area (Å²) in [6.45, 7) is 4.34. The molecule has 7 nitrogen and oxygen atoms in total. The van der Waals surface area contributed by atoms with Crippen LogP contribution in [-0.4, -0.2) is 43.8 Å². The Morgan fingerprint density at radius 1 is 0.951 bits per heavy atom. The van der Waals surface area contributed by atoms with Crippen LogP contribution >= 0.6 is 11.6 Å². The van der Waals surface area contributed by atoms with Gasteiger partial charge >= 0.3 is 6.18 Å². The topological polar surface area (TPSA) is 86.8 Å². The number of alkyl halides is 3. The zero-order valence-corrected chi connectivity index (χ0v) is 24.3. The monoisotopic (exact) mass is 609 g/mol. The standard InChI is InChI=1S/C29H31ClF3N3O4S/c1-4-26(28(38)34-20(2)3)35(18-21-11-7-5-8-12-21)27(37)19-36(41(39,40)23-13-9-6-10-14-23)22-15-16-25(30)24(17-22)29(31,32)33/h5-17,20,26H,4,18-19H2,1-3H3,(H,34,38)/t26-/m1/s1. The molecule has 3 aromatic carbocycles. The van der Waals surface area contributed by atoms with Crippen molar-refractivity contribution in [2.24, 2.45) is 0 Å². The highest BCUT2D eigenvalue weighted by Crippen LogP contribution is 2.38. The molecule has 0 spiro atoms. The Morgan fingerprint density at radius 3 is 2.07 bits per heavy atom. The van der Waals surface area contributed by atoms with E-state index < -0.39 is 56.9 Å². The first-order valence-corrected chi connectivity index (χ1v) is 14.7. The van der Waals surface area contributed by atoms with Gasteiger partial charge in [-0.25, -0.2) is 8.42 Å². The minimum absolute atomic E-state index is 0.0304. The smallest absolute Gasteiger partial charge is 0.352 e. The maximum atomic E-state index is 13.9. The number of amides is 2. The molecular weight excluding hydrogens is 579 g/mol. The van der Waals surface area contributed by atoms with E-state index in [4.69, 9.17) is 11.6 Å². The molecule has 1 atom stereocenters. The van der Waals surface area contributed by atoms with Crippen LogP contribution in [0.3, 0.4) is 0 Å². The number of rotatable bonds is 11. The molecule has 0 radical (unpaired) electrons. The Balaban J connectivity index is 2.13. The SMILES string of the molecule is CC[C@H](C(=O)NC(C)C)N(Cc1ccccc1)C(=O)CN(c1ccc(Cl)c(C(F)(F)F)c1)S(=O)(=O)c1ccccc1. The molecule has 0 fully saturated rings. The number of hydrogen-bond donors (Lipinski definition) is 1. The Kier molecular flexibility index (Phi) is 10.4. The summed E-state index contributed by atoms with van der Waals surface area (Å²) in [6.07, 6.45) is -4.66. The lowest BCUT2D eigenvalue weighted by Gasteiger charge is -2.33. The predicted molar refractivity (Wildman–Crippen MR) is 152 cm³/mol. The van der Waals surface area contributed by atoms with Crippen LogP contribution in [0.15, 0.2) is 83.8 Å². The second-order valence-corrected chi connectivity index (χ2v) is 11.9. The highest BCUT2D eigenvalue weighted by atomic mass is 35.5. The molecule has 2 amide bonds. The van der Waals surface area contributed by atoms with E-state index in [9.17, 15) is 31.2 Å². The summed E-state index contributed by atoms with van der Waals surface area (Å²) in [5, 5.41) is 2.16. The molecule has 0 bridgehead atoms. The first kappa shape index (κ1) is 32.0. The molecule has 3 rings (SSSR count). The van der Waals surface area contributed by atoms with Crippen molar-refractivity contribution >= 4 is 39.1 Å². The molecule has 220 valence electrons. The minimum Gasteiger partial charge on any atom is -0.352 e. The maximum absolute atomic E-state index is 13.9. The zero-order chi connectivity index (χ0) is 30.4. The van der Waals surface area contributed by atoms with Crippen LogP contribution in [0, 0.1) is 0 Å². The Morgan fingerprint density at radius 2 is 1.54 bits per heavy atom. The molecule has 0 saturated carbocycles. The third-order valence-corrected chi connectivity index (χ3v) is 8.28. The molecule has 0 heterocycles. The lowest BCUT2D eigenvalue weighted by Crippen LogP contribution is -2.53. The van der Waals surface area contributed by atoms with Crippen molar-refractivity contribution < 1.29 is 31.2 Å². The third kappa shape index (κ3) is 8.01. The zero-order valence-electron chi connectivity index (χ0n) is 22.7. The summed E-state index contributed by atoms with van der Waals surface area (Å²) in [6, 6.07) is 17.3. The summed E-state index contributed by atoms with van der Waals surface area (Å²) in [4.78, 5) is 28.1. The van der Waals surface area contributed by atoms with Gasteiger partial charge < -0.3 is 10.2 Å². The number of carbonyl (C=O) groups excluding carboxylic acids is 2. The van der Waals surface area contributed by atoms with Crippen LogP contribution < -0.4 is 9.62 Å². The maximum Gasteiger partial charge on any atom is 0.417 e. The summed E-state index contributed by atoms with van der Waals surface area (Å²) in [5.74, 6) is -1.21. The molecule has 12 heteroatoms. The van der Waals surface area contributed by atoms with Gasteiger partial charge in [0.25, 0.3) is 10.0 Å². The van der Waals surface area contributed by atoms with Gasteiger partial charge in [0.05, 0.1) is 21.2 Å². The number of sulfonamides is 1. The van der Waals surface area contributed by atoms with Gasteiger partial charge in [0.15, 0.2) is 0 Å². The normalized spacial score (nSPS) is 12.6. The Hall–Kier alpha value is -3.57. The number of nitrogens with one attached hydrogen (secondary N) is 1. The Bertz CT molecular complexity index is 1450. The van der Waals surface area contributed by atoms with E-state index in [1.165, 1.54) is 29.2 Å². The highest BCUT2D eigenvalue weighted by Gasteiger charge is 2.37. The Labute approximate surface area is 243 Å². The van der Waals surface area contributed by atoms with Crippen molar-refractivity contribution in [3.8, 4) is 0 Å². The second-order valence-electron chi connectivity index (χ2n) is 9.58. The molecule has 0 aliphatic rings. The van der Waals surface area contributed by atoms with Gasteiger partial charge in [-0.2, -0.15) is 13.2 Å².